The highest BCUT2D eigenvalue weighted by Crippen LogP contribution is 2.29. The highest BCUT2D eigenvalue weighted by atomic mass is 14.2. The molecule has 0 amide bonds. The molecule has 0 unspecified atom stereocenters. The van der Waals surface area contributed by atoms with E-state index in [4.69, 9.17) is 0 Å². The van der Waals surface area contributed by atoms with E-state index in [2.05, 4.69) is 20.1 Å². The monoisotopic (exact) mass is 136 g/mol. The van der Waals surface area contributed by atoms with Gasteiger partial charge in [0.25, 0.3) is 0 Å². The van der Waals surface area contributed by atoms with Crippen LogP contribution >= 0.6 is 0 Å². The van der Waals surface area contributed by atoms with Gasteiger partial charge in [-0.1, -0.05) is 31.2 Å². The fraction of sp³-hybridized carbons (Fsp3) is 0.600. The molecule has 10 heavy (non-hydrogen) atoms. The Morgan fingerprint density at radius 1 is 1.10 bits per heavy atom. The molecule has 1 saturated carbocycles. The van der Waals surface area contributed by atoms with Crippen molar-refractivity contribution in [3.05, 3.63) is 24.3 Å². The topological polar surface area (TPSA) is 0 Å². The SMILES string of the molecule is C=C1CCCCC(=C)C1C. The third-order valence-corrected chi connectivity index (χ3v) is 2.47. The second-order valence-corrected chi connectivity index (χ2v) is 3.25. The summed E-state index contributed by atoms with van der Waals surface area (Å²) < 4.78 is 0. The van der Waals surface area contributed by atoms with E-state index in [0.29, 0.717) is 5.92 Å². The van der Waals surface area contributed by atoms with Crippen molar-refractivity contribution in [1.82, 2.24) is 0 Å². The zero-order valence-electron chi connectivity index (χ0n) is 6.82. The molecule has 0 radical (unpaired) electrons. The second kappa shape index (κ2) is 3.05. The predicted octanol–water partition coefficient (Wildman–Crippen LogP) is 3.31. The largest absolute Gasteiger partial charge is 0.0993 e. The van der Waals surface area contributed by atoms with Gasteiger partial charge in [0.1, 0.15) is 0 Å². The minimum absolute atomic E-state index is 0.572. The van der Waals surface area contributed by atoms with Gasteiger partial charge in [-0.15, -0.1) is 0 Å². The van der Waals surface area contributed by atoms with Crippen molar-refractivity contribution in [3.8, 4) is 0 Å². The highest BCUT2D eigenvalue weighted by Gasteiger charge is 2.13. The average molecular weight is 136 g/mol. The van der Waals surface area contributed by atoms with Crippen LogP contribution in [0.5, 0.6) is 0 Å². The van der Waals surface area contributed by atoms with E-state index >= 15 is 0 Å². The first-order valence-corrected chi connectivity index (χ1v) is 4.07. The van der Waals surface area contributed by atoms with Gasteiger partial charge < -0.3 is 0 Å². The number of hydrogen-bond donors (Lipinski definition) is 0. The predicted molar refractivity (Wildman–Crippen MR) is 45.9 cm³/mol. The molecular formula is C10H16. The molecule has 0 bridgehead atoms. The molecule has 0 atom stereocenters. The number of rotatable bonds is 0. The third kappa shape index (κ3) is 1.50. The molecule has 0 saturated heterocycles. The number of hydrogen-bond acceptors (Lipinski definition) is 0. The molecule has 0 heteroatoms. The van der Waals surface area contributed by atoms with E-state index in [0.717, 1.165) is 0 Å². The van der Waals surface area contributed by atoms with Crippen LogP contribution in [0.1, 0.15) is 32.6 Å². The smallest absolute Gasteiger partial charge is 0.00268 e. The first-order valence-electron chi connectivity index (χ1n) is 4.07. The van der Waals surface area contributed by atoms with Crippen LogP contribution in [0.25, 0.3) is 0 Å². The Kier molecular flexibility index (Phi) is 2.31. The van der Waals surface area contributed by atoms with Gasteiger partial charge in [0.2, 0.25) is 0 Å². The summed E-state index contributed by atoms with van der Waals surface area (Å²) in [4.78, 5) is 0. The molecule has 1 rings (SSSR count). The van der Waals surface area contributed by atoms with Gasteiger partial charge in [-0.2, -0.15) is 0 Å². The van der Waals surface area contributed by atoms with Crippen LogP contribution in [0.2, 0.25) is 0 Å². The Morgan fingerprint density at radius 2 is 1.50 bits per heavy atom. The molecule has 0 aromatic carbocycles. The van der Waals surface area contributed by atoms with E-state index in [1.165, 1.54) is 36.8 Å². The minimum Gasteiger partial charge on any atom is -0.0993 e. The van der Waals surface area contributed by atoms with Crippen molar-refractivity contribution in [2.75, 3.05) is 0 Å². The van der Waals surface area contributed by atoms with Gasteiger partial charge >= 0.3 is 0 Å². The maximum absolute atomic E-state index is 4.04. The normalized spacial score (nSPS) is 22.9. The molecular weight excluding hydrogens is 120 g/mol. The molecule has 0 aromatic rings. The molecule has 0 heterocycles. The summed E-state index contributed by atoms with van der Waals surface area (Å²) >= 11 is 0. The zero-order valence-corrected chi connectivity index (χ0v) is 6.82. The fourth-order valence-electron chi connectivity index (χ4n) is 1.43. The van der Waals surface area contributed by atoms with Crippen LogP contribution in [0.15, 0.2) is 24.3 Å². The van der Waals surface area contributed by atoms with Crippen LogP contribution in [0, 0.1) is 5.92 Å². The van der Waals surface area contributed by atoms with Gasteiger partial charge in [-0.05, 0) is 31.6 Å². The average Bonchev–Trinajstić information content (AvgIpc) is 2.04. The van der Waals surface area contributed by atoms with Crippen LogP contribution in [-0.2, 0) is 0 Å². The van der Waals surface area contributed by atoms with Crippen molar-refractivity contribution in [2.24, 2.45) is 5.92 Å². The van der Waals surface area contributed by atoms with Crippen molar-refractivity contribution in [1.29, 1.82) is 0 Å². The van der Waals surface area contributed by atoms with E-state index in [-0.39, 0.29) is 0 Å². The van der Waals surface area contributed by atoms with Gasteiger partial charge in [0.15, 0.2) is 0 Å². The maximum Gasteiger partial charge on any atom is -0.00268 e. The molecule has 56 valence electrons. The second-order valence-electron chi connectivity index (χ2n) is 3.25. The summed E-state index contributed by atoms with van der Waals surface area (Å²) in [5, 5.41) is 0. The molecule has 0 spiro atoms. The summed E-state index contributed by atoms with van der Waals surface area (Å²) in [5.41, 5.74) is 2.75. The molecule has 0 N–H and O–H groups in total. The highest BCUT2D eigenvalue weighted by molar-refractivity contribution is 5.16. The van der Waals surface area contributed by atoms with Gasteiger partial charge in [-0.25, -0.2) is 0 Å². The summed E-state index contributed by atoms with van der Waals surface area (Å²) in [6.45, 7) is 10.3. The summed E-state index contributed by atoms with van der Waals surface area (Å²) in [6.07, 6.45) is 5.03. The first kappa shape index (κ1) is 7.59. The van der Waals surface area contributed by atoms with Gasteiger partial charge in [-0.3, -0.25) is 0 Å². The lowest BCUT2D eigenvalue weighted by Crippen LogP contribution is -1.97. The van der Waals surface area contributed by atoms with Crippen LogP contribution in [0.4, 0.5) is 0 Å². The van der Waals surface area contributed by atoms with E-state index < -0.39 is 0 Å². The maximum atomic E-state index is 4.04. The standard InChI is InChI=1S/C10H16/c1-8-6-4-5-7-9(2)10(8)3/h10H,1-2,4-7H2,3H3. The molecule has 0 aliphatic heterocycles. The lowest BCUT2D eigenvalue weighted by molar-refractivity contribution is 0.764. The summed E-state index contributed by atoms with van der Waals surface area (Å²) in [7, 11) is 0. The molecule has 1 aliphatic rings. The quantitative estimate of drug-likeness (QED) is 0.354. The molecule has 1 fully saturated rings. The van der Waals surface area contributed by atoms with Crippen molar-refractivity contribution < 1.29 is 0 Å². The summed E-state index contributed by atoms with van der Waals surface area (Å²) in [6, 6.07) is 0. The Balaban J connectivity index is 2.64. The number of allylic oxidation sites excluding steroid dienone is 2. The Hall–Kier alpha value is -0.520. The van der Waals surface area contributed by atoms with Crippen LogP contribution < -0.4 is 0 Å². The van der Waals surface area contributed by atoms with E-state index in [1.807, 2.05) is 0 Å². The zero-order chi connectivity index (χ0) is 7.56. The van der Waals surface area contributed by atoms with Crippen molar-refractivity contribution in [3.63, 3.8) is 0 Å². The van der Waals surface area contributed by atoms with Gasteiger partial charge in [0.05, 0.1) is 0 Å². The van der Waals surface area contributed by atoms with Crippen molar-refractivity contribution in [2.45, 2.75) is 32.6 Å². The molecule has 0 aromatic heterocycles. The van der Waals surface area contributed by atoms with Crippen molar-refractivity contribution >= 4 is 0 Å². The van der Waals surface area contributed by atoms with Crippen LogP contribution in [-0.4, -0.2) is 0 Å². The lowest BCUT2D eigenvalue weighted by atomic mass is 9.94. The Bertz CT molecular complexity index is 135. The Labute approximate surface area is 63.6 Å². The molecule has 0 nitrogen and oxygen atoms in total. The van der Waals surface area contributed by atoms with Gasteiger partial charge in [0, 0.05) is 0 Å². The summed E-state index contributed by atoms with van der Waals surface area (Å²) in [5.74, 6) is 0.572. The fourth-order valence-corrected chi connectivity index (χ4v) is 1.43. The lowest BCUT2D eigenvalue weighted by Gasteiger charge is -2.11. The minimum atomic E-state index is 0.572. The Morgan fingerprint density at radius 3 is 1.90 bits per heavy atom. The van der Waals surface area contributed by atoms with E-state index in [1.54, 1.807) is 0 Å². The van der Waals surface area contributed by atoms with E-state index in [9.17, 15) is 0 Å². The first-order chi connectivity index (χ1) is 4.72. The third-order valence-electron chi connectivity index (χ3n) is 2.47. The molecule has 1 aliphatic carbocycles. The van der Waals surface area contributed by atoms with Crippen LogP contribution in [0.3, 0.4) is 0 Å².